The summed E-state index contributed by atoms with van der Waals surface area (Å²) in [7, 11) is 0. The van der Waals surface area contributed by atoms with Gasteiger partial charge in [0.1, 0.15) is 11.6 Å². The summed E-state index contributed by atoms with van der Waals surface area (Å²) in [6.07, 6.45) is -3.53. The number of nitrogens with zero attached hydrogens (tertiary/aromatic N) is 4. The molecule has 1 aliphatic rings. The number of hydrogen-bond acceptors (Lipinski definition) is 5. The van der Waals surface area contributed by atoms with E-state index in [-0.39, 0.29) is 35.3 Å². The van der Waals surface area contributed by atoms with E-state index in [0.717, 1.165) is 6.07 Å². The smallest absolute Gasteiger partial charge is 0.369 e. The number of piperazine rings is 1. The van der Waals surface area contributed by atoms with Crippen molar-refractivity contribution in [3.05, 3.63) is 100 Å². The molecule has 1 N–H and O–H groups in total. The third-order valence-electron chi connectivity index (χ3n) is 7.15. The van der Waals surface area contributed by atoms with Crippen molar-refractivity contribution in [1.29, 1.82) is 0 Å². The van der Waals surface area contributed by atoms with Crippen molar-refractivity contribution in [3.63, 3.8) is 0 Å². The number of nitrogens with one attached hydrogen (secondary N) is 1. The van der Waals surface area contributed by atoms with Crippen LogP contribution in [-0.4, -0.2) is 53.1 Å². The molecular weight excluding hydrogens is 538 g/mol. The maximum Gasteiger partial charge on any atom is 0.416 e. The highest BCUT2D eigenvalue weighted by molar-refractivity contribution is 5.78. The molecule has 214 valence electrons. The summed E-state index contributed by atoms with van der Waals surface area (Å²) in [6, 6.07) is 18.1. The Bertz CT molecular complexity index is 1580. The van der Waals surface area contributed by atoms with E-state index < -0.39 is 17.6 Å². The molecule has 0 bridgehead atoms. The molecule has 4 aromatic rings. The minimum absolute atomic E-state index is 0.00884. The molecule has 2 heterocycles. The molecule has 0 saturated carbocycles. The number of carbonyl (C=O) groups excluding carboxylic acids is 1. The number of benzene rings is 3. The highest BCUT2D eigenvalue weighted by Crippen LogP contribution is 2.32. The van der Waals surface area contributed by atoms with Crippen LogP contribution in [0.3, 0.4) is 0 Å². The second-order valence-corrected chi connectivity index (χ2v) is 9.92. The first-order valence-electron chi connectivity index (χ1n) is 13.4. The third-order valence-corrected chi connectivity index (χ3v) is 7.15. The molecule has 1 fully saturated rings. The van der Waals surface area contributed by atoms with Gasteiger partial charge in [-0.25, -0.2) is 9.37 Å². The Morgan fingerprint density at radius 3 is 2.37 bits per heavy atom. The van der Waals surface area contributed by atoms with E-state index in [1.54, 1.807) is 30.3 Å². The number of rotatable bonds is 8. The van der Waals surface area contributed by atoms with Crippen molar-refractivity contribution in [2.45, 2.75) is 25.6 Å². The molecule has 0 unspecified atom stereocenters. The van der Waals surface area contributed by atoms with Gasteiger partial charge in [-0.15, -0.1) is 0 Å². The second kappa shape index (κ2) is 12.1. The van der Waals surface area contributed by atoms with Crippen molar-refractivity contribution in [3.8, 4) is 5.69 Å². The SMILES string of the molecule is O=C(CCCN1CCN(c2cccc(C(F)(F)F)c2)CC1)NCc1nc2cc(F)ccc2c(=O)n1-c1ccccc1. The van der Waals surface area contributed by atoms with Crippen molar-refractivity contribution in [2.75, 3.05) is 37.6 Å². The molecule has 0 radical (unpaired) electrons. The van der Waals surface area contributed by atoms with Crippen LogP contribution < -0.4 is 15.8 Å². The van der Waals surface area contributed by atoms with E-state index in [1.807, 2.05) is 11.0 Å². The third kappa shape index (κ3) is 6.74. The van der Waals surface area contributed by atoms with E-state index in [1.165, 1.54) is 34.9 Å². The molecule has 1 aromatic heterocycles. The van der Waals surface area contributed by atoms with Crippen LogP contribution in [0.15, 0.2) is 77.6 Å². The Hall–Kier alpha value is -4.25. The lowest BCUT2D eigenvalue weighted by atomic mass is 10.1. The fourth-order valence-corrected chi connectivity index (χ4v) is 5.00. The number of carbonyl (C=O) groups is 1. The molecule has 41 heavy (non-hydrogen) atoms. The van der Waals surface area contributed by atoms with Gasteiger partial charge < -0.3 is 10.2 Å². The normalized spacial score (nSPS) is 14.4. The number of hydrogen-bond donors (Lipinski definition) is 1. The molecule has 1 saturated heterocycles. The fraction of sp³-hybridized carbons (Fsp3) is 0.300. The van der Waals surface area contributed by atoms with Crippen LogP contribution >= 0.6 is 0 Å². The largest absolute Gasteiger partial charge is 0.416 e. The lowest BCUT2D eigenvalue weighted by Gasteiger charge is -2.36. The number of amides is 1. The summed E-state index contributed by atoms with van der Waals surface area (Å²) in [5, 5.41) is 3.10. The Labute approximate surface area is 234 Å². The van der Waals surface area contributed by atoms with Crippen LogP contribution in [0.2, 0.25) is 0 Å². The summed E-state index contributed by atoms with van der Waals surface area (Å²) in [5.41, 5.74) is 0.350. The number of halogens is 4. The van der Waals surface area contributed by atoms with Gasteiger partial charge in [-0.1, -0.05) is 24.3 Å². The summed E-state index contributed by atoms with van der Waals surface area (Å²) in [4.78, 5) is 34.5. The lowest BCUT2D eigenvalue weighted by Crippen LogP contribution is -2.46. The second-order valence-electron chi connectivity index (χ2n) is 9.92. The van der Waals surface area contributed by atoms with E-state index in [2.05, 4.69) is 15.2 Å². The van der Waals surface area contributed by atoms with Gasteiger partial charge in [0, 0.05) is 44.4 Å². The zero-order valence-corrected chi connectivity index (χ0v) is 22.2. The lowest BCUT2D eigenvalue weighted by molar-refractivity contribution is -0.137. The van der Waals surface area contributed by atoms with Crippen molar-refractivity contribution >= 4 is 22.5 Å². The molecule has 0 atom stereocenters. The van der Waals surface area contributed by atoms with Crippen LogP contribution in [0.1, 0.15) is 24.2 Å². The summed E-state index contributed by atoms with van der Waals surface area (Å²) >= 11 is 0. The Morgan fingerprint density at radius 1 is 0.902 bits per heavy atom. The zero-order chi connectivity index (χ0) is 29.0. The van der Waals surface area contributed by atoms with Crippen LogP contribution in [-0.2, 0) is 17.5 Å². The van der Waals surface area contributed by atoms with Gasteiger partial charge in [0.15, 0.2) is 0 Å². The number of anilines is 1. The summed E-state index contributed by atoms with van der Waals surface area (Å²) in [5.74, 6) is -0.424. The zero-order valence-electron chi connectivity index (χ0n) is 22.2. The molecule has 1 aliphatic heterocycles. The standard InChI is InChI=1S/C30H29F4N5O2/c31-22-11-12-25-26(19-22)36-27(39(29(25)41)23-7-2-1-3-8-23)20-35-28(40)10-5-13-37-14-16-38(17-15-37)24-9-4-6-21(18-24)30(32,33)34/h1-4,6-9,11-12,18-19H,5,10,13-17,20H2,(H,35,40). The molecule has 11 heteroatoms. The Balaban J connectivity index is 1.15. The van der Waals surface area contributed by atoms with Gasteiger partial charge in [-0.05, 0) is 55.4 Å². The van der Waals surface area contributed by atoms with Gasteiger partial charge in [0.05, 0.1) is 28.7 Å². The van der Waals surface area contributed by atoms with Crippen molar-refractivity contribution in [1.82, 2.24) is 19.8 Å². The number of aromatic nitrogens is 2. The van der Waals surface area contributed by atoms with E-state index in [0.29, 0.717) is 56.3 Å². The fourth-order valence-electron chi connectivity index (χ4n) is 5.00. The quantitative estimate of drug-likeness (QED) is 0.311. The van der Waals surface area contributed by atoms with Crippen molar-refractivity contribution in [2.24, 2.45) is 0 Å². The minimum Gasteiger partial charge on any atom is -0.369 e. The summed E-state index contributed by atoms with van der Waals surface area (Å²) in [6.45, 7) is 3.21. The Kier molecular flexibility index (Phi) is 8.34. The molecule has 5 rings (SSSR count). The first kappa shape index (κ1) is 28.3. The monoisotopic (exact) mass is 567 g/mol. The highest BCUT2D eigenvalue weighted by atomic mass is 19.4. The highest BCUT2D eigenvalue weighted by Gasteiger charge is 2.31. The maximum atomic E-state index is 13.8. The molecule has 0 aliphatic carbocycles. The topological polar surface area (TPSA) is 70.5 Å². The molecular formula is C30H29F4N5O2. The van der Waals surface area contributed by atoms with Gasteiger partial charge in [0.25, 0.3) is 5.56 Å². The predicted molar refractivity (Wildman–Crippen MR) is 148 cm³/mol. The number of fused-ring (bicyclic) bond motifs is 1. The van der Waals surface area contributed by atoms with Crippen LogP contribution in [0.25, 0.3) is 16.6 Å². The van der Waals surface area contributed by atoms with Gasteiger partial charge >= 0.3 is 6.18 Å². The average Bonchev–Trinajstić information content (AvgIpc) is 2.96. The summed E-state index contributed by atoms with van der Waals surface area (Å²) < 4.78 is 54.4. The predicted octanol–water partition coefficient (Wildman–Crippen LogP) is 4.76. The molecule has 1 amide bonds. The van der Waals surface area contributed by atoms with E-state index in [4.69, 9.17) is 0 Å². The molecule has 7 nitrogen and oxygen atoms in total. The minimum atomic E-state index is -4.38. The molecule has 0 spiro atoms. The van der Waals surface area contributed by atoms with E-state index in [9.17, 15) is 27.2 Å². The molecule has 3 aromatic carbocycles. The van der Waals surface area contributed by atoms with Crippen LogP contribution in [0.4, 0.5) is 23.2 Å². The van der Waals surface area contributed by atoms with Gasteiger partial charge in [0.2, 0.25) is 5.91 Å². The first-order chi connectivity index (χ1) is 19.7. The van der Waals surface area contributed by atoms with Crippen LogP contribution in [0, 0.1) is 5.82 Å². The number of alkyl halides is 3. The van der Waals surface area contributed by atoms with E-state index >= 15 is 0 Å². The van der Waals surface area contributed by atoms with Crippen molar-refractivity contribution < 1.29 is 22.4 Å². The van der Waals surface area contributed by atoms with Gasteiger partial charge in [-0.3, -0.25) is 19.1 Å². The maximum absolute atomic E-state index is 13.8. The first-order valence-corrected chi connectivity index (χ1v) is 13.4. The number of para-hydroxylation sites is 1. The average molecular weight is 568 g/mol. The Morgan fingerprint density at radius 2 is 1.63 bits per heavy atom. The van der Waals surface area contributed by atoms with Crippen LogP contribution in [0.5, 0.6) is 0 Å². The van der Waals surface area contributed by atoms with Gasteiger partial charge in [-0.2, -0.15) is 13.2 Å².